The maximum absolute atomic E-state index is 12.7. The number of benzene rings is 2. The van der Waals surface area contributed by atoms with Crippen molar-refractivity contribution >= 4 is 17.2 Å². The van der Waals surface area contributed by atoms with Gasteiger partial charge in [-0.15, -0.1) is 0 Å². The Hall–Kier alpha value is -3.60. The molecule has 1 N–H and O–H groups in total. The highest BCUT2D eigenvalue weighted by molar-refractivity contribution is 6.05. The Labute approximate surface area is 163 Å². The number of anilines is 1. The highest BCUT2D eigenvalue weighted by atomic mass is 16.5. The standard InChI is InChI=1S/C23H21N3O2/c1-3-28-19-11-9-17(10-12-19)23(27)25-20-14-18(8-7-16(20)2)21-15-26-13-5-4-6-22(26)24-21/h4-15H,3H2,1-2H3,(H,25,27). The molecule has 0 aliphatic rings. The zero-order chi connectivity index (χ0) is 19.5. The van der Waals surface area contributed by atoms with E-state index in [0.717, 1.165) is 33.9 Å². The van der Waals surface area contributed by atoms with Gasteiger partial charge in [-0.3, -0.25) is 4.79 Å². The van der Waals surface area contributed by atoms with Crippen LogP contribution in [0.25, 0.3) is 16.9 Å². The molecule has 0 aliphatic heterocycles. The molecular weight excluding hydrogens is 350 g/mol. The van der Waals surface area contributed by atoms with E-state index in [1.165, 1.54) is 0 Å². The smallest absolute Gasteiger partial charge is 0.255 e. The Kier molecular flexibility index (Phi) is 4.81. The van der Waals surface area contributed by atoms with Gasteiger partial charge in [0.1, 0.15) is 11.4 Å². The van der Waals surface area contributed by atoms with E-state index in [4.69, 9.17) is 4.74 Å². The van der Waals surface area contributed by atoms with Gasteiger partial charge in [-0.25, -0.2) is 4.98 Å². The van der Waals surface area contributed by atoms with Crippen LogP contribution in [0.2, 0.25) is 0 Å². The van der Waals surface area contributed by atoms with E-state index in [1.54, 1.807) is 24.3 Å². The molecule has 4 rings (SSSR count). The number of nitrogens with one attached hydrogen (secondary N) is 1. The van der Waals surface area contributed by atoms with Crippen molar-refractivity contribution in [2.75, 3.05) is 11.9 Å². The molecule has 0 saturated carbocycles. The number of carbonyl (C=O) groups is 1. The van der Waals surface area contributed by atoms with Crippen LogP contribution in [-0.4, -0.2) is 21.9 Å². The number of imidazole rings is 1. The summed E-state index contributed by atoms with van der Waals surface area (Å²) < 4.78 is 7.41. The van der Waals surface area contributed by atoms with Crippen LogP contribution in [0.4, 0.5) is 5.69 Å². The molecule has 0 radical (unpaired) electrons. The van der Waals surface area contributed by atoms with Gasteiger partial charge in [-0.05, 0) is 61.9 Å². The van der Waals surface area contributed by atoms with Crippen LogP contribution in [0.15, 0.2) is 73.1 Å². The molecule has 0 bridgehead atoms. The predicted octanol–water partition coefficient (Wildman–Crippen LogP) is 4.96. The number of fused-ring (bicyclic) bond motifs is 1. The minimum Gasteiger partial charge on any atom is -0.494 e. The maximum Gasteiger partial charge on any atom is 0.255 e. The number of pyridine rings is 1. The molecule has 2 heterocycles. The first-order valence-corrected chi connectivity index (χ1v) is 9.23. The van der Waals surface area contributed by atoms with Gasteiger partial charge in [0, 0.05) is 29.2 Å². The van der Waals surface area contributed by atoms with Gasteiger partial charge in [0.25, 0.3) is 5.91 Å². The van der Waals surface area contributed by atoms with Crippen LogP contribution in [0.5, 0.6) is 5.75 Å². The van der Waals surface area contributed by atoms with Crippen molar-refractivity contribution in [1.82, 2.24) is 9.38 Å². The molecule has 2 aromatic carbocycles. The highest BCUT2D eigenvalue weighted by Crippen LogP contribution is 2.26. The minimum atomic E-state index is -0.154. The number of rotatable bonds is 5. The fourth-order valence-electron chi connectivity index (χ4n) is 3.05. The third-order valence-electron chi connectivity index (χ3n) is 4.57. The minimum absolute atomic E-state index is 0.154. The predicted molar refractivity (Wildman–Crippen MR) is 111 cm³/mol. The van der Waals surface area contributed by atoms with E-state index in [1.807, 2.05) is 67.0 Å². The van der Waals surface area contributed by atoms with Gasteiger partial charge in [0.2, 0.25) is 0 Å². The van der Waals surface area contributed by atoms with Gasteiger partial charge >= 0.3 is 0 Å². The Morgan fingerprint density at radius 3 is 2.68 bits per heavy atom. The SMILES string of the molecule is CCOc1ccc(C(=O)Nc2cc(-c3cn4ccccc4n3)ccc2C)cc1. The Morgan fingerprint density at radius 2 is 1.93 bits per heavy atom. The van der Waals surface area contributed by atoms with Gasteiger partial charge < -0.3 is 14.5 Å². The van der Waals surface area contributed by atoms with Crippen LogP contribution >= 0.6 is 0 Å². The number of aryl methyl sites for hydroxylation is 1. The topological polar surface area (TPSA) is 55.6 Å². The monoisotopic (exact) mass is 371 g/mol. The lowest BCUT2D eigenvalue weighted by molar-refractivity contribution is 0.102. The summed E-state index contributed by atoms with van der Waals surface area (Å²) in [5.41, 5.74) is 5.05. The molecule has 0 fully saturated rings. The zero-order valence-electron chi connectivity index (χ0n) is 15.8. The quantitative estimate of drug-likeness (QED) is 0.539. The summed E-state index contributed by atoms with van der Waals surface area (Å²) in [4.78, 5) is 17.3. The summed E-state index contributed by atoms with van der Waals surface area (Å²) >= 11 is 0. The second kappa shape index (κ2) is 7.56. The third-order valence-corrected chi connectivity index (χ3v) is 4.57. The first-order chi connectivity index (χ1) is 13.6. The second-order valence-corrected chi connectivity index (χ2v) is 6.53. The van der Waals surface area contributed by atoms with Crippen molar-refractivity contribution in [1.29, 1.82) is 0 Å². The van der Waals surface area contributed by atoms with Crippen LogP contribution in [0.1, 0.15) is 22.8 Å². The first kappa shape index (κ1) is 17.8. The normalized spacial score (nSPS) is 10.8. The van der Waals surface area contributed by atoms with Crippen molar-refractivity contribution in [3.63, 3.8) is 0 Å². The number of hydrogen-bond acceptors (Lipinski definition) is 3. The fraction of sp³-hybridized carbons (Fsp3) is 0.130. The van der Waals surface area contributed by atoms with Gasteiger partial charge in [-0.1, -0.05) is 18.2 Å². The molecule has 0 saturated heterocycles. The van der Waals surface area contributed by atoms with E-state index in [9.17, 15) is 4.79 Å². The highest BCUT2D eigenvalue weighted by Gasteiger charge is 2.11. The molecule has 1 amide bonds. The summed E-state index contributed by atoms with van der Waals surface area (Å²) in [6, 6.07) is 19.0. The zero-order valence-corrected chi connectivity index (χ0v) is 15.8. The average Bonchev–Trinajstić information content (AvgIpc) is 3.14. The number of aromatic nitrogens is 2. The maximum atomic E-state index is 12.7. The lowest BCUT2D eigenvalue weighted by atomic mass is 10.1. The summed E-state index contributed by atoms with van der Waals surface area (Å²) in [6.07, 6.45) is 3.95. The molecule has 0 spiro atoms. The first-order valence-electron chi connectivity index (χ1n) is 9.23. The molecule has 0 aliphatic carbocycles. The van der Waals surface area contributed by atoms with Crippen molar-refractivity contribution in [2.45, 2.75) is 13.8 Å². The van der Waals surface area contributed by atoms with Crippen LogP contribution in [-0.2, 0) is 0 Å². The van der Waals surface area contributed by atoms with Crippen LogP contribution in [0.3, 0.4) is 0 Å². The van der Waals surface area contributed by atoms with Crippen molar-refractivity contribution in [3.8, 4) is 17.0 Å². The molecule has 5 heteroatoms. The lowest BCUT2D eigenvalue weighted by Crippen LogP contribution is -2.12. The Bertz CT molecular complexity index is 1100. The number of amides is 1. The Balaban J connectivity index is 1.59. The molecule has 28 heavy (non-hydrogen) atoms. The van der Waals surface area contributed by atoms with Crippen molar-refractivity contribution in [2.24, 2.45) is 0 Å². The summed E-state index contributed by atoms with van der Waals surface area (Å²) in [5, 5.41) is 3.01. The molecule has 4 aromatic rings. The molecular formula is C23H21N3O2. The van der Waals surface area contributed by atoms with Crippen LogP contribution in [0, 0.1) is 6.92 Å². The second-order valence-electron chi connectivity index (χ2n) is 6.53. The largest absolute Gasteiger partial charge is 0.494 e. The molecule has 2 aromatic heterocycles. The van der Waals surface area contributed by atoms with E-state index in [-0.39, 0.29) is 5.91 Å². The summed E-state index contributed by atoms with van der Waals surface area (Å²) in [5.74, 6) is 0.599. The van der Waals surface area contributed by atoms with Gasteiger partial charge in [0.05, 0.1) is 12.3 Å². The van der Waals surface area contributed by atoms with E-state index >= 15 is 0 Å². The fourth-order valence-corrected chi connectivity index (χ4v) is 3.05. The van der Waals surface area contributed by atoms with Crippen molar-refractivity contribution < 1.29 is 9.53 Å². The van der Waals surface area contributed by atoms with E-state index < -0.39 is 0 Å². The number of ether oxygens (including phenoxy) is 1. The van der Waals surface area contributed by atoms with Gasteiger partial charge in [0.15, 0.2) is 0 Å². The van der Waals surface area contributed by atoms with E-state index in [2.05, 4.69) is 10.3 Å². The average molecular weight is 371 g/mol. The van der Waals surface area contributed by atoms with Crippen molar-refractivity contribution in [3.05, 3.63) is 84.2 Å². The lowest BCUT2D eigenvalue weighted by Gasteiger charge is -2.10. The third kappa shape index (κ3) is 3.60. The molecule has 0 unspecified atom stereocenters. The summed E-state index contributed by atoms with van der Waals surface area (Å²) in [7, 11) is 0. The molecule has 140 valence electrons. The number of hydrogen-bond donors (Lipinski definition) is 1. The molecule has 5 nitrogen and oxygen atoms in total. The Morgan fingerprint density at radius 1 is 1.11 bits per heavy atom. The van der Waals surface area contributed by atoms with E-state index in [0.29, 0.717) is 12.2 Å². The molecule has 0 atom stereocenters. The van der Waals surface area contributed by atoms with Gasteiger partial charge in [-0.2, -0.15) is 0 Å². The summed E-state index contributed by atoms with van der Waals surface area (Å²) in [6.45, 7) is 4.50. The number of carbonyl (C=O) groups excluding carboxylic acids is 1. The van der Waals surface area contributed by atoms with Crippen LogP contribution < -0.4 is 10.1 Å². The number of nitrogens with zero attached hydrogens (tertiary/aromatic N) is 2.